The fourth-order valence-electron chi connectivity index (χ4n) is 2.51. The molecule has 3 aromatic rings. The summed E-state index contributed by atoms with van der Waals surface area (Å²) in [5.74, 6) is 2.24. The first-order valence-electron chi connectivity index (χ1n) is 7.80. The second kappa shape index (κ2) is 7.70. The van der Waals surface area contributed by atoms with E-state index in [2.05, 4.69) is 5.32 Å². The first-order chi connectivity index (χ1) is 11.7. The molecule has 0 fully saturated rings. The Balaban J connectivity index is 1.60. The predicted octanol–water partition coefficient (Wildman–Crippen LogP) is 3.35. The standard InChI is InChI=1S/C18H20N2O4/c1-14(17-7-4-10-24-17)19-18(21)13-20(11-15-5-2-8-22-15)12-16-6-3-9-23-16/h2-10,14H,11-13H2,1H3,(H,19,21). The largest absolute Gasteiger partial charge is 0.468 e. The molecule has 3 aromatic heterocycles. The topological polar surface area (TPSA) is 71.8 Å². The minimum Gasteiger partial charge on any atom is -0.468 e. The van der Waals surface area contributed by atoms with E-state index in [1.165, 1.54) is 0 Å². The van der Waals surface area contributed by atoms with Crippen LogP contribution < -0.4 is 5.32 Å². The molecule has 1 unspecified atom stereocenters. The monoisotopic (exact) mass is 328 g/mol. The Labute approximate surface area is 140 Å². The number of carbonyl (C=O) groups is 1. The highest BCUT2D eigenvalue weighted by Crippen LogP contribution is 2.14. The van der Waals surface area contributed by atoms with Crippen molar-refractivity contribution in [1.29, 1.82) is 0 Å². The summed E-state index contributed by atoms with van der Waals surface area (Å²) in [5, 5.41) is 2.94. The SMILES string of the molecule is CC(NC(=O)CN(Cc1ccco1)Cc1ccco1)c1ccco1. The lowest BCUT2D eigenvalue weighted by Crippen LogP contribution is -2.37. The maximum absolute atomic E-state index is 12.4. The Morgan fingerprint density at radius 3 is 2.08 bits per heavy atom. The van der Waals surface area contributed by atoms with Crippen molar-refractivity contribution in [2.24, 2.45) is 0 Å². The van der Waals surface area contributed by atoms with Crippen LogP contribution in [0.3, 0.4) is 0 Å². The molecule has 0 aliphatic rings. The molecule has 3 heterocycles. The van der Waals surface area contributed by atoms with Crippen molar-refractivity contribution in [1.82, 2.24) is 10.2 Å². The normalized spacial score (nSPS) is 12.4. The van der Waals surface area contributed by atoms with Crippen molar-refractivity contribution in [3.05, 3.63) is 72.5 Å². The average Bonchev–Trinajstić information content (AvgIpc) is 3.31. The van der Waals surface area contributed by atoms with Crippen LogP contribution in [0.4, 0.5) is 0 Å². The zero-order valence-corrected chi connectivity index (χ0v) is 13.5. The van der Waals surface area contributed by atoms with E-state index in [0.717, 1.165) is 17.3 Å². The Hall–Kier alpha value is -2.73. The number of hydrogen-bond acceptors (Lipinski definition) is 5. The van der Waals surface area contributed by atoms with Crippen LogP contribution in [0, 0.1) is 0 Å². The van der Waals surface area contributed by atoms with Crippen molar-refractivity contribution >= 4 is 5.91 Å². The van der Waals surface area contributed by atoms with E-state index < -0.39 is 0 Å². The Morgan fingerprint density at radius 2 is 1.58 bits per heavy atom. The fraction of sp³-hybridized carbons (Fsp3) is 0.278. The predicted molar refractivity (Wildman–Crippen MR) is 86.8 cm³/mol. The molecule has 1 N–H and O–H groups in total. The van der Waals surface area contributed by atoms with Crippen LogP contribution in [-0.4, -0.2) is 17.4 Å². The van der Waals surface area contributed by atoms with Crippen LogP contribution >= 0.6 is 0 Å². The van der Waals surface area contributed by atoms with E-state index in [9.17, 15) is 4.79 Å². The number of nitrogens with one attached hydrogen (secondary N) is 1. The minimum absolute atomic E-state index is 0.0861. The molecule has 0 aliphatic carbocycles. The van der Waals surface area contributed by atoms with Gasteiger partial charge in [-0.3, -0.25) is 9.69 Å². The van der Waals surface area contributed by atoms with E-state index >= 15 is 0 Å². The summed E-state index contributed by atoms with van der Waals surface area (Å²) in [4.78, 5) is 14.3. The lowest BCUT2D eigenvalue weighted by molar-refractivity contribution is -0.123. The van der Waals surface area contributed by atoms with Gasteiger partial charge >= 0.3 is 0 Å². The molecule has 6 heteroatoms. The van der Waals surface area contributed by atoms with E-state index in [1.54, 1.807) is 24.9 Å². The second-order valence-electron chi connectivity index (χ2n) is 5.61. The molecule has 0 saturated heterocycles. The maximum atomic E-state index is 12.4. The molecule has 6 nitrogen and oxygen atoms in total. The molecule has 0 spiro atoms. The average molecular weight is 328 g/mol. The summed E-state index contributed by atoms with van der Waals surface area (Å²) in [6, 6.07) is 10.9. The summed E-state index contributed by atoms with van der Waals surface area (Å²) < 4.78 is 16.1. The smallest absolute Gasteiger partial charge is 0.234 e. The Morgan fingerprint density at radius 1 is 1.00 bits per heavy atom. The Bertz CT molecular complexity index is 681. The van der Waals surface area contributed by atoms with E-state index in [0.29, 0.717) is 13.1 Å². The third kappa shape index (κ3) is 4.39. The van der Waals surface area contributed by atoms with Gasteiger partial charge in [0.1, 0.15) is 17.3 Å². The zero-order chi connectivity index (χ0) is 16.8. The minimum atomic E-state index is -0.179. The third-order valence-corrected chi connectivity index (χ3v) is 3.63. The van der Waals surface area contributed by atoms with E-state index in [-0.39, 0.29) is 18.5 Å². The summed E-state index contributed by atoms with van der Waals surface area (Å²) in [6.07, 6.45) is 4.84. The molecule has 0 bridgehead atoms. The molecule has 0 aromatic carbocycles. The van der Waals surface area contributed by atoms with Crippen molar-refractivity contribution in [3.63, 3.8) is 0 Å². The van der Waals surface area contributed by atoms with Crippen molar-refractivity contribution in [2.45, 2.75) is 26.1 Å². The molecular formula is C18H20N2O4. The highest BCUT2D eigenvalue weighted by Gasteiger charge is 2.17. The molecule has 1 atom stereocenters. The number of rotatable bonds is 8. The number of furan rings is 3. The van der Waals surface area contributed by atoms with E-state index in [1.807, 2.05) is 42.2 Å². The molecule has 24 heavy (non-hydrogen) atoms. The summed E-state index contributed by atoms with van der Waals surface area (Å²) in [6.45, 7) is 3.17. The maximum Gasteiger partial charge on any atom is 0.234 e. The first kappa shape index (κ1) is 16.1. The van der Waals surface area contributed by atoms with Gasteiger partial charge in [-0.25, -0.2) is 0 Å². The van der Waals surface area contributed by atoms with Crippen LogP contribution in [0.15, 0.2) is 68.4 Å². The molecule has 1 amide bonds. The zero-order valence-electron chi connectivity index (χ0n) is 13.5. The third-order valence-electron chi connectivity index (χ3n) is 3.63. The molecule has 0 radical (unpaired) electrons. The molecule has 126 valence electrons. The van der Waals surface area contributed by atoms with Crippen LogP contribution in [0.1, 0.15) is 30.2 Å². The first-order valence-corrected chi connectivity index (χ1v) is 7.80. The van der Waals surface area contributed by atoms with Crippen LogP contribution in [0.2, 0.25) is 0 Å². The van der Waals surface area contributed by atoms with Crippen molar-refractivity contribution in [2.75, 3.05) is 6.54 Å². The van der Waals surface area contributed by atoms with Gasteiger partial charge in [-0.1, -0.05) is 0 Å². The lowest BCUT2D eigenvalue weighted by atomic mass is 10.2. The Kier molecular flexibility index (Phi) is 5.18. The number of hydrogen-bond donors (Lipinski definition) is 1. The summed E-state index contributed by atoms with van der Waals surface area (Å²) in [5.41, 5.74) is 0. The molecular weight excluding hydrogens is 308 g/mol. The number of nitrogens with zero attached hydrogens (tertiary/aromatic N) is 1. The molecule has 3 rings (SSSR count). The molecule has 0 saturated carbocycles. The van der Waals surface area contributed by atoms with Crippen molar-refractivity contribution in [3.8, 4) is 0 Å². The number of carbonyl (C=O) groups excluding carboxylic acids is 1. The highest BCUT2D eigenvalue weighted by molar-refractivity contribution is 5.78. The van der Waals surface area contributed by atoms with E-state index in [4.69, 9.17) is 13.3 Å². The highest BCUT2D eigenvalue weighted by atomic mass is 16.3. The van der Waals surface area contributed by atoms with Gasteiger partial charge in [-0.15, -0.1) is 0 Å². The van der Waals surface area contributed by atoms with Gasteiger partial charge in [0.25, 0.3) is 0 Å². The van der Waals surface area contributed by atoms with Gasteiger partial charge < -0.3 is 18.6 Å². The van der Waals surface area contributed by atoms with Gasteiger partial charge in [0.15, 0.2) is 0 Å². The van der Waals surface area contributed by atoms with Crippen LogP contribution in [0.5, 0.6) is 0 Å². The number of amides is 1. The van der Waals surface area contributed by atoms with Gasteiger partial charge in [0, 0.05) is 0 Å². The summed E-state index contributed by atoms with van der Waals surface area (Å²) in [7, 11) is 0. The van der Waals surface area contributed by atoms with Crippen LogP contribution in [-0.2, 0) is 17.9 Å². The van der Waals surface area contributed by atoms with Crippen molar-refractivity contribution < 1.29 is 18.0 Å². The van der Waals surface area contributed by atoms with Gasteiger partial charge in [0.2, 0.25) is 5.91 Å². The second-order valence-corrected chi connectivity index (χ2v) is 5.61. The quantitative estimate of drug-likeness (QED) is 0.686. The fourth-order valence-corrected chi connectivity index (χ4v) is 2.51. The van der Waals surface area contributed by atoms with Gasteiger partial charge in [-0.05, 0) is 43.3 Å². The summed E-state index contributed by atoms with van der Waals surface area (Å²) >= 11 is 0. The molecule has 0 aliphatic heterocycles. The van der Waals surface area contributed by atoms with Crippen LogP contribution in [0.25, 0.3) is 0 Å². The lowest BCUT2D eigenvalue weighted by Gasteiger charge is -2.20. The van der Waals surface area contributed by atoms with Gasteiger partial charge in [-0.2, -0.15) is 0 Å². The van der Waals surface area contributed by atoms with Gasteiger partial charge in [0.05, 0.1) is 44.5 Å².